The Hall–Kier alpha value is -1.52. The second-order valence-electron chi connectivity index (χ2n) is 4.52. The number of alkyl halides is 3. The molecule has 0 atom stereocenters. The van der Waals surface area contributed by atoms with E-state index >= 15 is 0 Å². The average Bonchev–Trinajstić information content (AvgIpc) is 3.02. The Morgan fingerprint density at radius 2 is 2.06 bits per heavy atom. The van der Waals surface area contributed by atoms with Crippen LogP contribution in [0.4, 0.5) is 13.2 Å². The van der Waals surface area contributed by atoms with Crippen LogP contribution in [0.15, 0.2) is 18.5 Å². The van der Waals surface area contributed by atoms with Crippen molar-refractivity contribution in [1.82, 2.24) is 9.55 Å². The maximum atomic E-state index is 13.0. The molecule has 90 valence electrons. The van der Waals surface area contributed by atoms with Gasteiger partial charge in [0, 0.05) is 24.8 Å². The Kier molecular flexibility index (Phi) is 2.03. The monoisotopic (exact) mass is 240 g/mol. The Morgan fingerprint density at radius 1 is 1.35 bits per heavy atom. The molecule has 1 aliphatic carbocycles. The predicted molar refractivity (Wildman–Crippen MR) is 57.7 cm³/mol. The van der Waals surface area contributed by atoms with E-state index in [1.807, 2.05) is 0 Å². The van der Waals surface area contributed by atoms with Crippen LogP contribution < -0.4 is 0 Å². The third-order valence-corrected chi connectivity index (χ3v) is 3.21. The van der Waals surface area contributed by atoms with Gasteiger partial charge in [-0.25, -0.2) is 4.98 Å². The van der Waals surface area contributed by atoms with Crippen LogP contribution in [-0.4, -0.2) is 9.55 Å². The van der Waals surface area contributed by atoms with Crippen LogP contribution in [0.1, 0.15) is 29.9 Å². The van der Waals surface area contributed by atoms with Gasteiger partial charge in [-0.05, 0) is 30.4 Å². The normalized spacial score (nSPS) is 16.7. The number of nitrogens with zero attached hydrogens (tertiary/aromatic N) is 2. The first kappa shape index (κ1) is 10.6. The molecule has 0 aliphatic heterocycles. The number of hydrogen-bond acceptors (Lipinski definition) is 1. The van der Waals surface area contributed by atoms with Gasteiger partial charge in [-0.2, -0.15) is 13.2 Å². The molecule has 0 N–H and O–H groups in total. The lowest BCUT2D eigenvalue weighted by Crippen LogP contribution is -2.04. The van der Waals surface area contributed by atoms with Gasteiger partial charge in [0.15, 0.2) is 0 Å². The molecule has 0 bridgehead atoms. The fourth-order valence-corrected chi connectivity index (χ4v) is 2.28. The molecule has 0 amide bonds. The van der Waals surface area contributed by atoms with E-state index in [0.29, 0.717) is 5.65 Å². The molecular formula is C12H11F3N2. The van der Waals surface area contributed by atoms with Gasteiger partial charge in [-0.1, -0.05) is 0 Å². The minimum atomic E-state index is -4.31. The molecule has 0 saturated heterocycles. The number of fused-ring (bicyclic) bond motifs is 1. The van der Waals surface area contributed by atoms with Crippen LogP contribution in [-0.2, 0) is 13.2 Å². The molecule has 1 fully saturated rings. The molecule has 1 aliphatic rings. The van der Waals surface area contributed by atoms with Crippen molar-refractivity contribution in [3.63, 3.8) is 0 Å². The molecule has 0 spiro atoms. The molecule has 17 heavy (non-hydrogen) atoms. The summed E-state index contributed by atoms with van der Waals surface area (Å²) in [6.45, 7) is 0. The van der Waals surface area contributed by atoms with Gasteiger partial charge in [0.25, 0.3) is 0 Å². The van der Waals surface area contributed by atoms with E-state index in [-0.39, 0.29) is 11.3 Å². The lowest BCUT2D eigenvalue weighted by molar-refractivity contribution is -0.136. The van der Waals surface area contributed by atoms with Gasteiger partial charge in [0.05, 0.1) is 5.56 Å². The quantitative estimate of drug-likeness (QED) is 0.746. The van der Waals surface area contributed by atoms with Crippen LogP contribution in [0.2, 0.25) is 0 Å². The Balaban J connectivity index is 2.35. The van der Waals surface area contributed by atoms with Crippen molar-refractivity contribution in [1.29, 1.82) is 0 Å². The number of rotatable bonds is 1. The topological polar surface area (TPSA) is 17.8 Å². The Labute approximate surface area is 96.1 Å². The SMILES string of the molecule is Cn1cc(C(F)(F)F)c2c(C3CC3)ccnc21. The summed E-state index contributed by atoms with van der Waals surface area (Å²) in [5.74, 6) is 0.281. The second-order valence-corrected chi connectivity index (χ2v) is 4.52. The van der Waals surface area contributed by atoms with Crippen molar-refractivity contribution in [2.75, 3.05) is 0 Å². The molecule has 0 radical (unpaired) electrons. The summed E-state index contributed by atoms with van der Waals surface area (Å²) < 4.78 is 40.3. The average molecular weight is 240 g/mol. The summed E-state index contributed by atoms with van der Waals surface area (Å²) in [6.07, 6.45) is 0.364. The molecule has 0 unspecified atom stereocenters. The van der Waals surface area contributed by atoms with Crippen molar-refractivity contribution in [2.45, 2.75) is 24.9 Å². The molecule has 5 heteroatoms. The van der Waals surface area contributed by atoms with E-state index in [2.05, 4.69) is 4.98 Å². The summed E-state index contributed by atoms with van der Waals surface area (Å²) in [6, 6.07) is 1.72. The summed E-state index contributed by atoms with van der Waals surface area (Å²) in [7, 11) is 1.60. The fourth-order valence-electron chi connectivity index (χ4n) is 2.28. The molecule has 1 saturated carbocycles. The third-order valence-electron chi connectivity index (χ3n) is 3.21. The van der Waals surface area contributed by atoms with E-state index < -0.39 is 11.7 Å². The standard InChI is InChI=1S/C12H11F3N2/c1-17-6-9(12(13,14)15)10-8(7-2-3-7)4-5-16-11(10)17/h4-7H,2-3H2,1H3. The number of aromatic nitrogens is 2. The predicted octanol–water partition coefficient (Wildman–Crippen LogP) is 3.47. The summed E-state index contributed by atoms with van der Waals surface area (Å²) >= 11 is 0. The molecule has 3 rings (SSSR count). The van der Waals surface area contributed by atoms with Crippen molar-refractivity contribution in [3.05, 3.63) is 29.6 Å². The number of aryl methyl sites for hydroxylation is 1. The van der Waals surface area contributed by atoms with Crippen molar-refractivity contribution in [3.8, 4) is 0 Å². The van der Waals surface area contributed by atoms with Crippen LogP contribution >= 0.6 is 0 Å². The van der Waals surface area contributed by atoms with E-state index in [9.17, 15) is 13.2 Å². The highest BCUT2D eigenvalue weighted by Crippen LogP contribution is 2.46. The zero-order chi connectivity index (χ0) is 12.2. The van der Waals surface area contributed by atoms with Crippen LogP contribution in [0.3, 0.4) is 0 Å². The van der Waals surface area contributed by atoms with E-state index in [1.165, 1.54) is 4.57 Å². The summed E-state index contributed by atoms with van der Waals surface area (Å²) in [5.41, 5.74) is 0.648. The molecule has 0 aromatic carbocycles. The van der Waals surface area contributed by atoms with Crippen molar-refractivity contribution in [2.24, 2.45) is 7.05 Å². The third kappa shape index (κ3) is 1.61. The van der Waals surface area contributed by atoms with Crippen LogP contribution in [0.5, 0.6) is 0 Å². The van der Waals surface area contributed by atoms with E-state index in [1.54, 1.807) is 19.3 Å². The largest absolute Gasteiger partial charge is 0.418 e. The van der Waals surface area contributed by atoms with Crippen molar-refractivity contribution >= 4 is 11.0 Å². The molecular weight excluding hydrogens is 229 g/mol. The lowest BCUT2D eigenvalue weighted by atomic mass is 10.1. The molecule has 2 aromatic heterocycles. The Bertz CT molecular complexity index is 579. The fraction of sp³-hybridized carbons (Fsp3) is 0.417. The number of hydrogen-bond donors (Lipinski definition) is 0. The van der Waals surface area contributed by atoms with Gasteiger partial charge in [-0.3, -0.25) is 0 Å². The number of halogens is 3. The Morgan fingerprint density at radius 3 is 2.65 bits per heavy atom. The minimum Gasteiger partial charge on any atom is -0.335 e. The van der Waals surface area contributed by atoms with Gasteiger partial charge in [-0.15, -0.1) is 0 Å². The van der Waals surface area contributed by atoms with Crippen LogP contribution in [0, 0.1) is 0 Å². The van der Waals surface area contributed by atoms with Gasteiger partial charge < -0.3 is 4.57 Å². The summed E-state index contributed by atoms with van der Waals surface area (Å²) in [4.78, 5) is 4.05. The van der Waals surface area contributed by atoms with Gasteiger partial charge in [0.1, 0.15) is 5.65 Å². The first-order chi connectivity index (χ1) is 7.98. The number of pyridine rings is 1. The highest BCUT2D eigenvalue weighted by Gasteiger charge is 2.37. The first-order valence-corrected chi connectivity index (χ1v) is 5.49. The smallest absolute Gasteiger partial charge is 0.335 e. The minimum absolute atomic E-state index is 0.281. The van der Waals surface area contributed by atoms with E-state index in [4.69, 9.17) is 0 Å². The molecule has 2 nitrogen and oxygen atoms in total. The maximum absolute atomic E-state index is 13.0. The second kappa shape index (κ2) is 3.24. The van der Waals surface area contributed by atoms with Crippen LogP contribution in [0.25, 0.3) is 11.0 Å². The first-order valence-electron chi connectivity index (χ1n) is 5.49. The molecule has 2 heterocycles. The molecule has 2 aromatic rings. The zero-order valence-corrected chi connectivity index (χ0v) is 9.25. The lowest BCUT2D eigenvalue weighted by Gasteiger charge is -2.07. The van der Waals surface area contributed by atoms with Crippen molar-refractivity contribution < 1.29 is 13.2 Å². The highest BCUT2D eigenvalue weighted by molar-refractivity contribution is 5.85. The summed E-state index contributed by atoms with van der Waals surface area (Å²) in [5, 5.41) is 0.282. The maximum Gasteiger partial charge on any atom is 0.418 e. The van der Waals surface area contributed by atoms with Gasteiger partial charge in [0.2, 0.25) is 0 Å². The highest BCUT2D eigenvalue weighted by atomic mass is 19.4. The van der Waals surface area contributed by atoms with Gasteiger partial charge >= 0.3 is 6.18 Å². The zero-order valence-electron chi connectivity index (χ0n) is 9.25. The van der Waals surface area contributed by atoms with E-state index in [0.717, 1.165) is 24.6 Å².